The van der Waals surface area contributed by atoms with Gasteiger partial charge in [0.25, 0.3) is 5.91 Å². The molecule has 0 radical (unpaired) electrons. The summed E-state index contributed by atoms with van der Waals surface area (Å²) >= 11 is 0. The SMILES string of the molecule is Cc1ncoc1C(=O)N1CCC(C)CC1. The molecule has 1 aliphatic rings. The van der Waals surface area contributed by atoms with Crippen molar-refractivity contribution in [3.05, 3.63) is 17.8 Å². The number of piperidine rings is 1. The van der Waals surface area contributed by atoms with Crippen molar-refractivity contribution in [2.24, 2.45) is 5.92 Å². The van der Waals surface area contributed by atoms with Gasteiger partial charge in [0.05, 0.1) is 5.69 Å². The normalized spacial score (nSPS) is 18.1. The minimum Gasteiger partial charge on any atom is -0.438 e. The summed E-state index contributed by atoms with van der Waals surface area (Å²) in [5.41, 5.74) is 0.679. The number of amides is 1. The molecule has 0 N–H and O–H groups in total. The predicted octanol–water partition coefficient (Wildman–Crippen LogP) is 1.86. The van der Waals surface area contributed by atoms with Gasteiger partial charge in [-0.3, -0.25) is 4.79 Å². The highest BCUT2D eigenvalue weighted by molar-refractivity contribution is 5.92. The number of oxazole rings is 1. The summed E-state index contributed by atoms with van der Waals surface area (Å²) in [4.78, 5) is 17.8. The minimum absolute atomic E-state index is 0.0168. The molecule has 2 rings (SSSR count). The summed E-state index contributed by atoms with van der Waals surface area (Å²) in [5, 5.41) is 0. The topological polar surface area (TPSA) is 46.3 Å². The molecule has 1 saturated heterocycles. The Bertz CT molecular complexity index is 351. The van der Waals surface area contributed by atoms with Gasteiger partial charge in [0.2, 0.25) is 5.76 Å². The van der Waals surface area contributed by atoms with Crippen molar-refractivity contribution in [2.75, 3.05) is 13.1 Å². The van der Waals surface area contributed by atoms with Crippen LogP contribution in [0.15, 0.2) is 10.8 Å². The largest absolute Gasteiger partial charge is 0.438 e. The molecule has 1 fully saturated rings. The van der Waals surface area contributed by atoms with E-state index in [1.54, 1.807) is 6.92 Å². The zero-order valence-corrected chi connectivity index (χ0v) is 9.19. The van der Waals surface area contributed by atoms with Crippen molar-refractivity contribution in [3.8, 4) is 0 Å². The highest BCUT2D eigenvalue weighted by Crippen LogP contribution is 2.18. The van der Waals surface area contributed by atoms with E-state index in [-0.39, 0.29) is 5.91 Å². The first kappa shape index (κ1) is 10.2. The van der Waals surface area contributed by atoms with Gasteiger partial charge in [-0.05, 0) is 25.7 Å². The van der Waals surface area contributed by atoms with Gasteiger partial charge in [0, 0.05) is 13.1 Å². The average molecular weight is 208 g/mol. The van der Waals surface area contributed by atoms with E-state index in [0.29, 0.717) is 11.5 Å². The predicted molar refractivity (Wildman–Crippen MR) is 55.5 cm³/mol. The van der Waals surface area contributed by atoms with Crippen LogP contribution in [-0.4, -0.2) is 28.9 Å². The molecule has 1 amide bonds. The maximum Gasteiger partial charge on any atom is 0.291 e. The second-order valence-electron chi connectivity index (χ2n) is 4.24. The molecular formula is C11H16N2O2. The number of hydrogen-bond donors (Lipinski definition) is 0. The molecule has 0 unspecified atom stereocenters. The van der Waals surface area contributed by atoms with E-state index in [4.69, 9.17) is 4.42 Å². The maximum absolute atomic E-state index is 12.0. The van der Waals surface area contributed by atoms with Crippen LogP contribution in [-0.2, 0) is 0 Å². The lowest BCUT2D eigenvalue weighted by Crippen LogP contribution is -2.38. The summed E-state index contributed by atoms with van der Waals surface area (Å²) in [5.74, 6) is 1.10. The molecule has 4 heteroatoms. The van der Waals surface area contributed by atoms with Crippen LogP contribution in [0.3, 0.4) is 0 Å². The second-order valence-corrected chi connectivity index (χ2v) is 4.24. The Hall–Kier alpha value is -1.32. The Kier molecular flexibility index (Phi) is 2.75. The number of carbonyl (C=O) groups excluding carboxylic acids is 1. The molecule has 0 saturated carbocycles. The lowest BCUT2D eigenvalue weighted by molar-refractivity contribution is 0.0664. The van der Waals surface area contributed by atoms with Crippen molar-refractivity contribution in [1.82, 2.24) is 9.88 Å². The van der Waals surface area contributed by atoms with E-state index in [2.05, 4.69) is 11.9 Å². The van der Waals surface area contributed by atoms with Crippen molar-refractivity contribution >= 4 is 5.91 Å². The summed E-state index contributed by atoms with van der Waals surface area (Å²) in [6.07, 6.45) is 3.49. The Balaban J connectivity index is 2.06. The number of carbonyl (C=O) groups is 1. The molecule has 0 aromatic carbocycles. The van der Waals surface area contributed by atoms with Gasteiger partial charge >= 0.3 is 0 Å². The van der Waals surface area contributed by atoms with Crippen LogP contribution in [0.5, 0.6) is 0 Å². The highest BCUT2D eigenvalue weighted by Gasteiger charge is 2.24. The quantitative estimate of drug-likeness (QED) is 0.707. The number of likely N-dealkylation sites (tertiary alicyclic amines) is 1. The fourth-order valence-corrected chi connectivity index (χ4v) is 1.86. The van der Waals surface area contributed by atoms with E-state index >= 15 is 0 Å². The molecule has 0 spiro atoms. The Morgan fingerprint density at radius 2 is 2.20 bits per heavy atom. The average Bonchev–Trinajstić information content (AvgIpc) is 2.65. The van der Waals surface area contributed by atoms with E-state index in [0.717, 1.165) is 31.8 Å². The smallest absolute Gasteiger partial charge is 0.291 e. The van der Waals surface area contributed by atoms with Crippen molar-refractivity contribution < 1.29 is 9.21 Å². The van der Waals surface area contributed by atoms with Crippen LogP contribution in [0, 0.1) is 12.8 Å². The lowest BCUT2D eigenvalue weighted by Gasteiger charge is -2.29. The molecule has 1 aliphatic heterocycles. The monoisotopic (exact) mass is 208 g/mol. The molecule has 0 atom stereocenters. The standard InChI is InChI=1S/C11H16N2O2/c1-8-3-5-13(6-4-8)11(14)10-9(2)12-7-15-10/h7-8H,3-6H2,1-2H3. The third-order valence-corrected chi connectivity index (χ3v) is 3.01. The number of rotatable bonds is 1. The Labute approximate surface area is 89.3 Å². The van der Waals surface area contributed by atoms with Crippen LogP contribution in [0.4, 0.5) is 0 Å². The zero-order valence-electron chi connectivity index (χ0n) is 9.19. The van der Waals surface area contributed by atoms with E-state index < -0.39 is 0 Å². The zero-order chi connectivity index (χ0) is 10.8. The molecule has 1 aromatic heterocycles. The van der Waals surface area contributed by atoms with Crippen LogP contribution >= 0.6 is 0 Å². The molecule has 82 valence electrons. The molecule has 0 bridgehead atoms. The van der Waals surface area contributed by atoms with Gasteiger partial charge in [-0.25, -0.2) is 4.98 Å². The molecule has 2 heterocycles. The van der Waals surface area contributed by atoms with E-state index in [9.17, 15) is 4.79 Å². The Morgan fingerprint density at radius 1 is 1.53 bits per heavy atom. The summed E-state index contributed by atoms with van der Waals surface area (Å²) in [6.45, 7) is 5.69. The fourth-order valence-electron chi connectivity index (χ4n) is 1.86. The van der Waals surface area contributed by atoms with E-state index in [1.165, 1.54) is 6.39 Å². The molecule has 4 nitrogen and oxygen atoms in total. The van der Waals surface area contributed by atoms with Gasteiger partial charge < -0.3 is 9.32 Å². The van der Waals surface area contributed by atoms with Crippen LogP contribution in [0.2, 0.25) is 0 Å². The first-order chi connectivity index (χ1) is 7.18. The maximum atomic E-state index is 12.0. The lowest BCUT2D eigenvalue weighted by atomic mass is 9.99. The number of aryl methyl sites for hydroxylation is 1. The summed E-state index contributed by atoms with van der Waals surface area (Å²) < 4.78 is 5.10. The Morgan fingerprint density at radius 3 is 2.73 bits per heavy atom. The molecule has 15 heavy (non-hydrogen) atoms. The first-order valence-corrected chi connectivity index (χ1v) is 5.38. The highest BCUT2D eigenvalue weighted by atomic mass is 16.3. The molecule has 0 aliphatic carbocycles. The number of nitrogens with zero attached hydrogens (tertiary/aromatic N) is 2. The first-order valence-electron chi connectivity index (χ1n) is 5.38. The third kappa shape index (κ3) is 2.03. The van der Waals surface area contributed by atoms with Gasteiger partial charge in [0.1, 0.15) is 0 Å². The molecular weight excluding hydrogens is 192 g/mol. The van der Waals surface area contributed by atoms with Crippen molar-refractivity contribution in [1.29, 1.82) is 0 Å². The van der Waals surface area contributed by atoms with Crippen molar-refractivity contribution in [2.45, 2.75) is 26.7 Å². The fraction of sp³-hybridized carbons (Fsp3) is 0.636. The number of aromatic nitrogens is 1. The number of hydrogen-bond acceptors (Lipinski definition) is 3. The van der Waals surface area contributed by atoms with Gasteiger partial charge in [-0.2, -0.15) is 0 Å². The molecule has 1 aromatic rings. The van der Waals surface area contributed by atoms with Crippen LogP contribution in [0.25, 0.3) is 0 Å². The summed E-state index contributed by atoms with van der Waals surface area (Å²) in [7, 11) is 0. The third-order valence-electron chi connectivity index (χ3n) is 3.01. The summed E-state index contributed by atoms with van der Waals surface area (Å²) in [6, 6.07) is 0. The van der Waals surface area contributed by atoms with Gasteiger partial charge in [-0.1, -0.05) is 6.92 Å². The minimum atomic E-state index is -0.0168. The second kappa shape index (κ2) is 4.04. The van der Waals surface area contributed by atoms with Crippen molar-refractivity contribution in [3.63, 3.8) is 0 Å². The van der Waals surface area contributed by atoms with Gasteiger partial charge in [0.15, 0.2) is 6.39 Å². The van der Waals surface area contributed by atoms with Crippen LogP contribution < -0.4 is 0 Å². The van der Waals surface area contributed by atoms with Crippen LogP contribution in [0.1, 0.15) is 36.0 Å². The van der Waals surface area contributed by atoms with E-state index in [1.807, 2.05) is 4.90 Å². The van der Waals surface area contributed by atoms with Gasteiger partial charge in [-0.15, -0.1) is 0 Å².